The minimum Gasteiger partial charge on any atom is -0.439 e. The van der Waals surface area contributed by atoms with Crippen molar-refractivity contribution >= 4 is 21.6 Å². The molecule has 0 spiro atoms. The number of nitrogens with zero attached hydrogens (tertiary/aromatic N) is 3. The van der Waals surface area contributed by atoms with Crippen molar-refractivity contribution in [2.24, 2.45) is 0 Å². The number of aromatic nitrogens is 3. The SMILES string of the molecule is Fc1cc(Br)cc(Oc2ccn3nccc3n2)c1. The summed E-state index contributed by atoms with van der Waals surface area (Å²) in [5.41, 5.74) is 0.669. The van der Waals surface area contributed by atoms with Crippen molar-refractivity contribution in [2.45, 2.75) is 0 Å². The summed E-state index contributed by atoms with van der Waals surface area (Å²) < 4.78 is 20.9. The lowest BCUT2D eigenvalue weighted by molar-refractivity contribution is 0.457. The number of rotatable bonds is 2. The van der Waals surface area contributed by atoms with Gasteiger partial charge in [-0.25, -0.2) is 8.91 Å². The van der Waals surface area contributed by atoms with Gasteiger partial charge in [0, 0.05) is 28.9 Å². The normalized spacial score (nSPS) is 10.8. The molecule has 0 aliphatic heterocycles. The van der Waals surface area contributed by atoms with E-state index in [1.165, 1.54) is 12.1 Å². The van der Waals surface area contributed by atoms with Gasteiger partial charge in [0.25, 0.3) is 0 Å². The monoisotopic (exact) mass is 307 g/mol. The van der Waals surface area contributed by atoms with Gasteiger partial charge in [0.1, 0.15) is 11.6 Å². The number of hydrogen-bond donors (Lipinski definition) is 0. The highest BCUT2D eigenvalue weighted by Crippen LogP contribution is 2.24. The van der Waals surface area contributed by atoms with E-state index in [0.717, 1.165) is 0 Å². The van der Waals surface area contributed by atoms with Crippen LogP contribution < -0.4 is 4.74 Å². The molecule has 2 heterocycles. The van der Waals surface area contributed by atoms with Crippen molar-refractivity contribution < 1.29 is 9.13 Å². The zero-order chi connectivity index (χ0) is 12.5. The molecule has 2 aromatic heterocycles. The van der Waals surface area contributed by atoms with Crippen LogP contribution in [0.5, 0.6) is 11.6 Å². The molecule has 0 radical (unpaired) electrons. The average molecular weight is 308 g/mol. The van der Waals surface area contributed by atoms with Crippen LogP contribution in [-0.2, 0) is 0 Å². The molecule has 0 saturated carbocycles. The van der Waals surface area contributed by atoms with Crippen molar-refractivity contribution in [3.63, 3.8) is 0 Å². The molecule has 6 heteroatoms. The second kappa shape index (κ2) is 4.38. The van der Waals surface area contributed by atoms with Crippen LogP contribution in [0.3, 0.4) is 0 Å². The van der Waals surface area contributed by atoms with Crippen molar-refractivity contribution in [3.8, 4) is 11.6 Å². The van der Waals surface area contributed by atoms with Crippen LogP contribution >= 0.6 is 15.9 Å². The molecule has 1 aromatic carbocycles. The molecule has 90 valence electrons. The van der Waals surface area contributed by atoms with Gasteiger partial charge in [0.05, 0.1) is 6.20 Å². The number of ether oxygens (including phenoxy) is 1. The van der Waals surface area contributed by atoms with Crippen LogP contribution in [0.2, 0.25) is 0 Å². The molecular formula is C12H7BrFN3O. The minimum atomic E-state index is -0.371. The predicted octanol–water partition coefficient (Wildman–Crippen LogP) is 3.42. The summed E-state index contributed by atoms with van der Waals surface area (Å²) in [7, 11) is 0. The smallest absolute Gasteiger partial charge is 0.222 e. The maximum Gasteiger partial charge on any atom is 0.222 e. The number of halogens is 2. The second-order valence-corrected chi connectivity index (χ2v) is 4.52. The first kappa shape index (κ1) is 11.2. The molecule has 0 fully saturated rings. The average Bonchev–Trinajstić information content (AvgIpc) is 2.74. The van der Waals surface area contributed by atoms with Gasteiger partial charge < -0.3 is 4.74 Å². The summed E-state index contributed by atoms with van der Waals surface area (Å²) in [5, 5.41) is 4.03. The molecule has 3 aromatic rings. The Morgan fingerprint density at radius 3 is 2.94 bits per heavy atom. The predicted molar refractivity (Wildman–Crippen MR) is 67.2 cm³/mol. The van der Waals surface area contributed by atoms with Crippen LogP contribution in [0.1, 0.15) is 0 Å². The lowest BCUT2D eigenvalue weighted by Crippen LogP contribution is -1.93. The zero-order valence-corrected chi connectivity index (χ0v) is 10.6. The van der Waals surface area contributed by atoms with Crippen LogP contribution in [0.4, 0.5) is 4.39 Å². The number of hydrogen-bond acceptors (Lipinski definition) is 3. The first-order valence-electron chi connectivity index (χ1n) is 5.15. The van der Waals surface area contributed by atoms with E-state index in [4.69, 9.17) is 4.74 Å². The van der Waals surface area contributed by atoms with Gasteiger partial charge in [0.2, 0.25) is 5.88 Å². The minimum absolute atomic E-state index is 0.371. The van der Waals surface area contributed by atoms with E-state index in [2.05, 4.69) is 26.0 Å². The first-order valence-corrected chi connectivity index (χ1v) is 5.94. The zero-order valence-electron chi connectivity index (χ0n) is 9.05. The van der Waals surface area contributed by atoms with Crippen LogP contribution in [0.15, 0.2) is 47.2 Å². The summed E-state index contributed by atoms with van der Waals surface area (Å²) in [6.07, 6.45) is 3.37. The third-order valence-electron chi connectivity index (χ3n) is 2.29. The summed E-state index contributed by atoms with van der Waals surface area (Å²) in [6.45, 7) is 0. The van der Waals surface area contributed by atoms with Gasteiger partial charge in [-0.15, -0.1) is 0 Å². The fraction of sp³-hybridized carbons (Fsp3) is 0. The molecule has 0 N–H and O–H groups in total. The van der Waals surface area contributed by atoms with Crippen LogP contribution in [0.25, 0.3) is 5.65 Å². The highest BCUT2D eigenvalue weighted by atomic mass is 79.9. The molecule has 0 unspecified atom stereocenters. The molecule has 0 bridgehead atoms. The third-order valence-corrected chi connectivity index (χ3v) is 2.75. The van der Waals surface area contributed by atoms with Crippen LogP contribution in [-0.4, -0.2) is 14.6 Å². The van der Waals surface area contributed by atoms with Gasteiger partial charge in [-0.3, -0.25) is 0 Å². The second-order valence-electron chi connectivity index (χ2n) is 3.61. The Hall–Kier alpha value is -1.95. The molecular weight excluding hydrogens is 301 g/mol. The lowest BCUT2D eigenvalue weighted by atomic mass is 10.3. The summed E-state index contributed by atoms with van der Waals surface area (Å²) >= 11 is 3.21. The highest BCUT2D eigenvalue weighted by Gasteiger charge is 2.04. The molecule has 3 rings (SSSR count). The Morgan fingerprint density at radius 1 is 1.22 bits per heavy atom. The van der Waals surface area contributed by atoms with Crippen molar-refractivity contribution in [3.05, 3.63) is 53.0 Å². The van der Waals surface area contributed by atoms with E-state index in [9.17, 15) is 4.39 Å². The van der Waals surface area contributed by atoms with Crippen molar-refractivity contribution in [2.75, 3.05) is 0 Å². The molecule has 0 aliphatic rings. The van der Waals surface area contributed by atoms with E-state index in [0.29, 0.717) is 21.7 Å². The number of fused-ring (bicyclic) bond motifs is 1. The Balaban J connectivity index is 1.95. The maximum absolute atomic E-state index is 13.2. The standard InChI is InChI=1S/C12H7BrFN3O/c13-8-5-9(14)7-10(6-8)18-12-2-4-17-11(16-12)1-3-15-17/h1-7H. The van der Waals surface area contributed by atoms with E-state index in [1.807, 2.05) is 0 Å². The fourth-order valence-electron chi connectivity index (χ4n) is 1.56. The van der Waals surface area contributed by atoms with Gasteiger partial charge in [-0.1, -0.05) is 15.9 Å². The van der Waals surface area contributed by atoms with E-state index < -0.39 is 0 Å². The first-order chi connectivity index (χ1) is 8.70. The maximum atomic E-state index is 13.2. The van der Waals surface area contributed by atoms with Gasteiger partial charge >= 0.3 is 0 Å². The summed E-state index contributed by atoms with van der Waals surface area (Å²) in [6, 6.07) is 7.76. The van der Waals surface area contributed by atoms with Gasteiger partial charge in [-0.2, -0.15) is 10.1 Å². The number of benzene rings is 1. The Labute approximate surface area is 110 Å². The van der Waals surface area contributed by atoms with Crippen molar-refractivity contribution in [1.29, 1.82) is 0 Å². The Morgan fingerprint density at radius 2 is 2.11 bits per heavy atom. The molecule has 0 saturated heterocycles. The van der Waals surface area contributed by atoms with E-state index in [1.54, 1.807) is 35.1 Å². The van der Waals surface area contributed by atoms with E-state index in [-0.39, 0.29) is 5.82 Å². The molecule has 0 aliphatic carbocycles. The molecule has 4 nitrogen and oxygen atoms in total. The third kappa shape index (κ3) is 2.19. The Bertz CT molecular complexity index is 693. The van der Waals surface area contributed by atoms with Gasteiger partial charge in [0.15, 0.2) is 5.65 Å². The topological polar surface area (TPSA) is 39.4 Å². The largest absolute Gasteiger partial charge is 0.439 e. The van der Waals surface area contributed by atoms with Crippen molar-refractivity contribution in [1.82, 2.24) is 14.6 Å². The Kier molecular flexibility index (Phi) is 2.71. The quantitative estimate of drug-likeness (QED) is 0.728. The summed E-state index contributed by atoms with van der Waals surface area (Å²) in [4.78, 5) is 4.23. The van der Waals surface area contributed by atoms with Gasteiger partial charge in [-0.05, 0) is 12.1 Å². The molecule has 18 heavy (non-hydrogen) atoms. The van der Waals surface area contributed by atoms with E-state index >= 15 is 0 Å². The van der Waals surface area contributed by atoms with Crippen LogP contribution in [0, 0.1) is 5.82 Å². The molecule has 0 atom stereocenters. The summed E-state index contributed by atoms with van der Waals surface area (Å²) in [5.74, 6) is 0.406. The fourth-order valence-corrected chi connectivity index (χ4v) is 2.00. The highest BCUT2D eigenvalue weighted by molar-refractivity contribution is 9.10. The molecule has 0 amide bonds. The lowest BCUT2D eigenvalue weighted by Gasteiger charge is -2.05.